The number of nitrogens with one attached hydrogen (secondary N) is 4. The lowest BCUT2D eigenvalue weighted by molar-refractivity contribution is -0.131. The number of piperazine rings is 1. The Hall–Kier alpha value is -1.86. The first-order chi connectivity index (χ1) is 20.8. The van der Waals surface area contributed by atoms with Crippen molar-refractivity contribution in [3.8, 4) is 0 Å². The average molecular weight is 606 g/mol. The molecule has 5 heterocycles. The number of amides is 3. The van der Waals surface area contributed by atoms with Crippen molar-refractivity contribution in [1.82, 2.24) is 36.0 Å². The maximum Gasteiger partial charge on any atom is 0.320 e. The van der Waals surface area contributed by atoms with E-state index in [2.05, 4.69) is 46.6 Å². The fourth-order valence-electron chi connectivity index (χ4n) is 9.55. The smallest absolute Gasteiger partial charge is 0.320 e. The first kappa shape index (κ1) is 29.8. The SMILES string of the molecule is C=CC(=O)N1CCN(C2NC(=O)N3C4NC(C(F)CC42)C2C(F)CCCC2NCCOC2CCNC(C(C)C)C23)[C@@H]2CC21. The number of nitrogens with zero attached hydrogens (tertiary/aromatic N) is 3. The lowest BCUT2D eigenvalue weighted by Crippen LogP contribution is -2.80. The Morgan fingerprint density at radius 2 is 1.88 bits per heavy atom. The van der Waals surface area contributed by atoms with Crippen molar-refractivity contribution in [2.75, 3.05) is 32.8 Å². The van der Waals surface area contributed by atoms with Crippen LogP contribution in [0, 0.1) is 17.8 Å². The van der Waals surface area contributed by atoms with Crippen LogP contribution in [-0.2, 0) is 9.53 Å². The monoisotopic (exact) mass is 605 g/mol. The highest BCUT2D eigenvalue weighted by molar-refractivity contribution is 5.87. The topological polar surface area (TPSA) is 101 Å². The number of piperidine rings is 2. The quantitative estimate of drug-likeness (QED) is 0.361. The van der Waals surface area contributed by atoms with E-state index < -0.39 is 30.5 Å². The fraction of sp³-hybridized carbons (Fsp3) is 0.871. The molecule has 43 heavy (non-hydrogen) atoms. The Bertz CT molecular complexity index is 1080. The second-order valence-electron chi connectivity index (χ2n) is 14.2. The van der Waals surface area contributed by atoms with Crippen molar-refractivity contribution in [2.24, 2.45) is 17.8 Å². The van der Waals surface area contributed by atoms with E-state index in [4.69, 9.17) is 4.74 Å². The summed E-state index contributed by atoms with van der Waals surface area (Å²) in [6, 6.07) is -1.07. The van der Waals surface area contributed by atoms with Crippen LogP contribution in [0.1, 0.15) is 52.4 Å². The van der Waals surface area contributed by atoms with Gasteiger partial charge in [-0.3, -0.25) is 15.0 Å². The molecule has 7 rings (SSSR count). The standard InChI is InChI=1S/C31H49F2N7O3/c1-4-24(41)38-11-12-39(22-15-21(22)38)29-17-14-19(33)27-25-18(32)6-5-7-20(25)34-10-13-43-23-8-9-35-26(16(2)3)28(23)40(30(17)36-27)31(42)37-29/h4,16-23,25-30,34-36H,1,5-15H2,2-3H3,(H,37,42)/t17?,18?,19?,20?,21?,22-,23?,25?,26?,27?,28?,29?,30?/m1/s1. The summed E-state index contributed by atoms with van der Waals surface area (Å²) in [5.41, 5.74) is 0. The third kappa shape index (κ3) is 5.18. The Kier molecular flexibility index (Phi) is 8.20. The largest absolute Gasteiger partial charge is 0.375 e. The van der Waals surface area contributed by atoms with E-state index in [1.165, 1.54) is 6.08 Å². The van der Waals surface area contributed by atoms with Gasteiger partial charge in [-0.25, -0.2) is 13.6 Å². The zero-order chi connectivity index (χ0) is 30.0. The molecule has 3 amide bonds. The van der Waals surface area contributed by atoms with Gasteiger partial charge in [-0.05, 0) is 57.1 Å². The van der Waals surface area contributed by atoms with Crippen molar-refractivity contribution < 1.29 is 23.1 Å². The van der Waals surface area contributed by atoms with Crippen LogP contribution in [0.3, 0.4) is 0 Å². The minimum atomic E-state index is -1.25. The molecule has 5 saturated heterocycles. The molecule has 12 unspecified atom stereocenters. The van der Waals surface area contributed by atoms with Gasteiger partial charge in [0.2, 0.25) is 5.91 Å². The molecule has 7 aliphatic rings. The van der Waals surface area contributed by atoms with Gasteiger partial charge in [-0.2, -0.15) is 0 Å². The maximum atomic E-state index is 16.5. The molecule has 240 valence electrons. The molecule has 2 saturated carbocycles. The van der Waals surface area contributed by atoms with Gasteiger partial charge in [-0.15, -0.1) is 0 Å². The number of alkyl halides is 2. The maximum absolute atomic E-state index is 16.5. The number of urea groups is 1. The zero-order valence-electron chi connectivity index (χ0n) is 25.5. The molecule has 13 atom stereocenters. The minimum Gasteiger partial charge on any atom is -0.375 e. The van der Waals surface area contributed by atoms with E-state index in [1.54, 1.807) is 0 Å². The number of hydrogen-bond donors (Lipinski definition) is 4. The molecule has 0 radical (unpaired) electrons. The molecule has 0 spiro atoms. The number of ether oxygens (including phenoxy) is 1. The first-order valence-corrected chi connectivity index (χ1v) is 16.7. The van der Waals surface area contributed by atoms with Crippen LogP contribution < -0.4 is 21.3 Å². The normalized spacial score (nSPS) is 46.8. The van der Waals surface area contributed by atoms with Crippen LogP contribution in [-0.4, -0.2) is 126 Å². The number of fused-ring (bicyclic) bond motifs is 6. The van der Waals surface area contributed by atoms with E-state index in [9.17, 15) is 9.59 Å². The number of carbonyl (C=O) groups is 2. The van der Waals surface area contributed by atoms with Crippen LogP contribution in [0.5, 0.6) is 0 Å². The first-order valence-electron chi connectivity index (χ1n) is 16.7. The van der Waals surface area contributed by atoms with E-state index in [1.807, 2.05) is 9.80 Å². The molecule has 4 N–H and O–H groups in total. The molecule has 2 bridgehead atoms. The number of rotatable bonds is 3. The molecule has 0 aromatic rings. The summed E-state index contributed by atoms with van der Waals surface area (Å²) in [5, 5.41) is 14.2. The van der Waals surface area contributed by atoms with E-state index in [0.29, 0.717) is 32.7 Å². The van der Waals surface area contributed by atoms with Gasteiger partial charge < -0.3 is 30.5 Å². The van der Waals surface area contributed by atoms with Crippen LogP contribution in [0.15, 0.2) is 12.7 Å². The lowest BCUT2D eigenvalue weighted by Gasteiger charge is -2.59. The second kappa shape index (κ2) is 11.8. The lowest BCUT2D eigenvalue weighted by atomic mass is 9.72. The number of hydrogen-bond acceptors (Lipinski definition) is 7. The van der Waals surface area contributed by atoms with E-state index in [-0.39, 0.29) is 72.7 Å². The van der Waals surface area contributed by atoms with Gasteiger partial charge in [0.25, 0.3) is 0 Å². The van der Waals surface area contributed by atoms with Crippen LogP contribution in [0.25, 0.3) is 0 Å². The van der Waals surface area contributed by atoms with E-state index >= 15 is 8.78 Å². The summed E-state index contributed by atoms with van der Waals surface area (Å²) in [6.07, 6.45) is 1.86. The second-order valence-corrected chi connectivity index (χ2v) is 14.2. The van der Waals surface area contributed by atoms with Gasteiger partial charge in [-0.1, -0.05) is 20.4 Å². The number of halogens is 2. The van der Waals surface area contributed by atoms with Crippen LogP contribution in [0.4, 0.5) is 13.6 Å². The van der Waals surface area contributed by atoms with Crippen molar-refractivity contribution in [3.05, 3.63) is 12.7 Å². The predicted molar refractivity (Wildman–Crippen MR) is 157 cm³/mol. The highest BCUT2D eigenvalue weighted by Crippen LogP contribution is 2.45. The molecule has 5 aliphatic heterocycles. The zero-order valence-corrected chi connectivity index (χ0v) is 25.5. The van der Waals surface area contributed by atoms with Crippen molar-refractivity contribution >= 4 is 11.9 Å². The van der Waals surface area contributed by atoms with Gasteiger partial charge in [0.15, 0.2) is 0 Å². The van der Waals surface area contributed by atoms with Crippen molar-refractivity contribution in [1.29, 1.82) is 0 Å². The number of carbonyl (C=O) groups excluding carboxylic acids is 2. The third-order valence-electron chi connectivity index (χ3n) is 11.6. The van der Waals surface area contributed by atoms with E-state index in [0.717, 1.165) is 32.2 Å². The van der Waals surface area contributed by atoms with Crippen molar-refractivity contribution in [2.45, 2.75) is 119 Å². The van der Waals surface area contributed by atoms with Crippen LogP contribution in [0.2, 0.25) is 0 Å². The Morgan fingerprint density at radius 1 is 1.05 bits per heavy atom. The van der Waals surface area contributed by atoms with Crippen molar-refractivity contribution in [3.63, 3.8) is 0 Å². The van der Waals surface area contributed by atoms with Gasteiger partial charge in [0.05, 0.1) is 31.1 Å². The predicted octanol–water partition coefficient (Wildman–Crippen LogP) is 1.33. The minimum absolute atomic E-state index is 0.00132. The Labute approximate surface area is 253 Å². The Balaban J connectivity index is 1.25. The molecule has 12 heteroatoms. The summed E-state index contributed by atoms with van der Waals surface area (Å²) >= 11 is 0. The summed E-state index contributed by atoms with van der Waals surface area (Å²) in [7, 11) is 0. The molecule has 2 aliphatic carbocycles. The highest BCUT2D eigenvalue weighted by Gasteiger charge is 2.60. The summed E-state index contributed by atoms with van der Waals surface area (Å²) in [5.74, 6) is -0.598. The van der Waals surface area contributed by atoms with Gasteiger partial charge >= 0.3 is 6.03 Å². The molecular formula is C31H49F2N7O3. The summed E-state index contributed by atoms with van der Waals surface area (Å²) in [4.78, 5) is 32.9. The summed E-state index contributed by atoms with van der Waals surface area (Å²) in [6.45, 7) is 11.0. The van der Waals surface area contributed by atoms with Gasteiger partial charge in [0.1, 0.15) is 12.3 Å². The third-order valence-corrected chi connectivity index (χ3v) is 11.6. The fourth-order valence-corrected chi connectivity index (χ4v) is 9.55. The molecule has 0 aromatic carbocycles. The van der Waals surface area contributed by atoms with Gasteiger partial charge in [0, 0.05) is 61.7 Å². The molecule has 10 nitrogen and oxygen atoms in total. The molecule has 7 fully saturated rings. The molecular weight excluding hydrogens is 556 g/mol. The molecule has 0 aromatic heterocycles. The van der Waals surface area contributed by atoms with Crippen LogP contribution >= 0.6 is 0 Å². The summed E-state index contributed by atoms with van der Waals surface area (Å²) < 4.78 is 38.8. The Morgan fingerprint density at radius 3 is 2.67 bits per heavy atom. The average Bonchev–Trinajstić information content (AvgIpc) is 3.79. The highest BCUT2D eigenvalue weighted by atomic mass is 19.1.